The standard InChI is InChI=1S/C5H8NP/c6-7-5-3-1-2-4-5/h1-5,7H,6H2. The van der Waals surface area contributed by atoms with E-state index in [2.05, 4.69) is 12.2 Å². The summed E-state index contributed by atoms with van der Waals surface area (Å²) in [6.07, 6.45) is 8.28. The highest BCUT2D eigenvalue weighted by Gasteiger charge is 1.96. The molecule has 0 saturated carbocycles. The van der Waals surface area contributed by atoms with Crippen LogP contribution < -0.4 is 5.50 Å². The lowest BCUT2D eigenvalue weighted by Crippen LogP contribution is -1.89. The van der Waals surface area contributed by atoms with Crippen LogP contribution in [0.5, 0.6) is 0 Å². The van der Waals surface area contributed by atoms with Gasteiger partial charge in [-0.15, -0.1) is 0 Å². The second-order valence-electron chi connectivity index (χ2n) is 1.46. The Morgan fingerprint density at radius 3 is 2.14 bits per heavy atom. The number of nitrogens with two attached hydrogens (primary N) is 1. The molecule has 0 fully saturated rings. The first-order valence-electron chi connectivity index (χ1n) is 2.24. The van der Waals surface area contributed by atoms with Crippen molar-refractivity contribution in [2.45, 2.75) is 5.66 Å². The maximum atomic E-state index is 5.36. The molecule has 0 radical (unpaired) electrons. The van der Waals surface area contributed by atoms with Gasteiger partial charge < -0.3 is 5.50 Å². The minimum absolute atomic E-state index is 0.538. The lowest BCUT2D eigenvalue weighted by molar-refractivity contribution is 1.45. The van der Waals surface area contributed by atoms with Crippen molar-refractivity contribution >= 4 is 8.73 Å². The van der Waals surface area contributed by atoms with Gasteiger partial charge in [0.05, 0.1) is 0 Å². The average Bonchev–Trinajstić information content (AvgIpc) is 2.14. The first-order valence-corrected chi connectivity index (χ1v) is 3.40. The lowest BCUT2D eigenvalue weighted by Gasteiger charge is -1.94. The predicted molar refractivity (Wildman–Crippen MR) is 34.6 cm³/mol. The topological polar surface area (TPSA) is 26.0 Å². The molecule has 1 aliphatic carbocycles. The van der Waals surface area contributed by atoms with Gasteiger partial charge in [-0.2, -0.15) is 0 Å². The molecule has 0 aromatic carbocycles. The molecule has 1 atom stereocenters. The maximum absolute atomic E-state index is 5.36. The Balaban J connectivity index is 2.44. The van der Waals surface area contributed by atoms with Gasteiger partial charge in [-0.25, -0.2) is 0 Å². The first kappa shape index (κ1) is 5.02. The molecule has 0 saturated heterocycles. The third kappa shape index (κ3) is 1.12. The van der Waals surface area contributed by atoms with E-state index < -0.39 is 0 Å². The van der Waals surface area contributed by atoms with Crippen LogP contribution in [-0.4, -0.2) is 5.66 Å². The molecule has 38 valence electrons. The fourth-order valence-corrected chi connectivity index (χ4v) is 0.987. The predicted octanol–water partition coefficient (Wildman–Crippen LogP) is 1.03. The van der Waals surface area contributed by atoms with E-state index in [4.69, 9.17) is 5.50 Å². The van der Waals surface area contributed by atoms with Gasteiger partial charge in [-0.05, 0) is 8.73 Å². The molecule has 2 heteroatoms. The Labute approximate surface area is 45.1 Å². The van der Waals surface area contributed by atoms with Crippen molar-refractivity contribution in [1.29, 1.82) is 0 Å². The summed E-state index contributed by atoms with van der Waals surface area (Å²) in [5.41, 5.74) is 5.90. The molecule has 0 spiro atoms. The second-order valence-corrected chi connectivity index (χ2v) is 2.46. The van der Waals surface area contributed by atoms with Crippen molar-refractivity contribution in [2.75, 3.05) is 0 Å². The van der Waals surface area contributed by atoms with Crippen molar-refractivity contribution in [3.63, 3.8) is 0 Å². The summed E-state index contributed by atoms with van der Waals surface area (Å²) in [7, 11) is 0.538. The third-order valence-corrected chi connectivity index (χ3v) is 1.71. The van der Waals surface area contributed by atoms with Gasteiger partial charge in [0.1, 0.15) is 0 Å². The lowest BCUT2D eigenvalue weighted by atomic mass is 10.5. The fourth-order valence-electron chi connectivity index (χ4n) is 0.543. The molecule has 0 bridgehead atoms. The summed E-state index contributed by atoms with van der Waals surface area (Å²) in [4.78, 5) is 0. The Morgan fingerprint density at radius 2 is 1.86 bits per heavy atom. The van der Waals surface area contributed by atoms with Gasteiger partial charge in [-0.3, -0.25) is 0 Å². The summed E-state index contributed by atoms with van der Waals surface area (Å²) in [6.45, 7) is 0. The number of hydrogen-bond acceptors (Lipinski definition) is 1. The molecule has 1 rings (SSSR count). The van der Waals surface area contributed by atoms with Crippen LogP contribution in [0, 0.1) is 0 Å². The fraction of sp³-hybridized carbons (Fsp3) is 0.200. The molecule has 0 aromatic rings. The molecule has 7 heavy (non-hydrogen) atoms. The van der Waals surface area contributed by atoms with Crippen molar-refractivity contribution in [3.05, 3.63) is 24.3 Å². The van der Waals surface area contributed by atoms with Crippen LogP contribution in [0.15, 0.2) is 24.3 Å². The highest BCUT2D eigenvalue weighted by molar-refractivity contribution is 7.36. The molecule has 0 amide bonds. The molecule has 2 N–H and O–H groups in total. The van der Waals surface area contributed by atoms with E-state index in [1.54, 1.807) is 0 Å². The van der Waals surface area contributed by atoms with Crippen molar-refractivity contribution < 1.29 is 0 Å². The van der Waals surface area contributed by atoms with Gasteiger partial charge in [0.15, 0.2) is 0 Å². The van der Waals surface area contributed by atoms with Crippen molar-refractivity contribution in [1.82, 2.24) is 0 Å². The minimum Gasteiger partial charge on any atom is -0.311 e. The number of rotatable bonds is 1. The van der Waals surface area contributed by atoms with Gasteiger partial charge in [0.2, 0.25) is 0 Å². The van der Waals surface area contributed by atoms with Crippen LogP contribution in [0.25, 0.3) is 0 Å². The first-order chi connectivity index (χ1) is 3.43. The summed E-state index contributed by atoms with van der Waals surface area (Å²) >= 11 is 0. The van der Waals surface area contributed by atoms with Gasteiger partial charge in [-0.1, -0.05) is 24.3 Å². The Morgan fingerprint density at radius 1 is 1.29 bits per heavy atom. The van der Waals surface area contributed by atoms with Crippen molar-refractivity contribution in [2.24, 2.45) is 5.50 Å². The van der Waals surface area contributed by atoms with Gasteiger partial charge >= 0.3 is 0 Å². The molecule has 1 nitrogen and oxygen atoms in total. The van der Waals surface area contributed by atoms with Gasteiger partial charge in [0, 0.05) is 5.66 Å². The molecule has 1 aliphatic rings. The summed E-state index contributed by atoms with van der Waals surface area (Å²) in [6, 6.07) is 0. The smallest absolute Gasteiger partial charge is 0.0257 e. The molecule has 0 aliphatic heterocycles. The maximum Gasteiger partial charge on any atom is 0.0257 e. The second kappa shape index (κ2) is 2.25. The van der Waals surface area contributed by atoms with Crippen LogP contribution in [-0.2, 0) is 0 Å². The van der Waals surface area contributed by atoms with E-state index in [1.807, 2.05) is 12.2 Å². The Bertz CT molecular complexity index is 94.6. The molecule has 1 unspecified atom stereocenters. The summed E-state index contributed by atoms with van der Waals surface area (Å²) < 4.78 is 0. The summed E-state index contributed by atoms with van der Waals surface area (Å²) in [5, 5.41) is 0. The molecular formula is C5H8NP. The molecule has 0 heterocycles. The van der Waals surface area contributed by atoms with Crippen LogP contribution in [0.2, 0.25) is 0 Å². The van der Waals surface area contributed by atoms with E-state index >= 15 is 0 Å². The Hall–Kier alpha value is -0.130. The SMILES string of the molecule is NPC1C=CC=C1. The van der Waals surface area contributed by atoms with Crippen LogP contribution in [0.1, 0.15) is 0 Å². The normalized spacial score (nSPS) is 20.7. The minimum atomic E-state index is 0.538. The van der Waals surface area contributed by atoms with Crippen LogP contribution in [0.4, 0.5) is 0 Å². The number of hydrogen-bond donors (Lipinski definition) is 1. The largest absolute Gasteiger partial charge is 0.311 e. The van der Waals surface area contributed by atoms with E-state index in [0.717, 1.165) is 0 Å². The zero-order chi connectivity index (χ0) is 5.11. The molecule has 0 aromatic heterocycles. The van der Waals surface area contributed by atoms with E-state index in [-0.39, 0.29) is 0 Å². The zero-order valence-electron chi connectivity index (χ0n) is 3.96. The summed E-state index contributed by atoms with van der Waals surface area (Å²) in [5.74, 6) is 0. The average molecular weight is 113 g/mol. The molecular weight excluding hydrogens is 105 g/mol. The van der Waals surface area contributed by atoms with Crippen LogP contribution >= 0.6 is 8.73 Å². The third-order valence-electron chi connectivity index (χ3n) is 0.940. The highest BCUT2D eigenvalue weighted by Crippen LogP contribution is 2.16. The quantitative estimate of drug-likeness (QED) is 0.505. The monoisotopic (exact) mass is 113 g/mol. The van der Waals surface area contributed by atoms with Crippen molar-refractivity contribution in [3.8, 4) is 0 Å². The van der Waals surface area contributed by atoms with Gasteiger partial charge in [0.25, 0.3) is 0 Å². The Kier molecular flexibility index (Phi) is 1.61. The number of allylic oxidation sites excluding steroid dienone is 4. The van der Waals surface area contributed by atoms with E-state index in [0.29, 0.717) is 14.4 Å². The van der Waals surface area contributed by atoms with E-state index in [1.165, 1.54) is 0 Å². The van der Waals surface area contributed by atoms with Crippen LogP contribution in [0.3, 0.4) is 0 Å². The highest BCUT2D eigenvalue weighted by atomic mass is 31.1. The zero-order valence-corrected chi connectivity index (χ0v) is 4.96. The van der Waals surface area contributed by atoms with E-state index in [9.17, 15) is 0 Å².